The molecule has 43 heavy (non-hydrogen) atoms. The third kappa shape index (κ3) is 6.91. The molecule has 0 radical (unpaired) electrons. The molecule has 2 heterocycles. The molecule has 12 heteroatoms. The van der Waals surface area contributed by atoms with E-state index in [1.807, 2.05) is 55.5 Å². The highest BCUT2D eigenvalue weighted by Crippen LogP contribution is 2.62. The van der Waals surface area contributed by atoms with Crippen LogP contribution in [0.4, 0.5) is 5.69 Å². The number of halogens is 1. The molecule has 1 unspecified atom stereocenters. The van der Waals surface area contributed by atoms with Crippen molar-refractivity contribution in [1.29, 1.82) is 0 Å². The second kappa shape index (κ2) is 13.3. The Morgan fingerprint density at radius 2 is 1.74 bits per heavy atom. The molecule has 0 aliphatic heterocycles. The number of hydrogen-bond acceptors (Lipinski definition) is 8. The monoisotopic (exact) mass is 665 g/mol. The third-order valence-corrected chi connectivity index (χ3v) is 9.70. The molecule has 0 aliphatic carbocycles. The second-order valence-corrected chi connectivity index (χ2v) is 13.0. The number of aromatic nitrogens is 4. The highest BCUT2D eigenvalue weighted by molar-refractivity contribution is 9.10. The number of fused-ring (bicyclic) bond motifs is 1. The minimum absolute atomic E-state index is 0.0478. The minimum atomic E-state index is -3.75. The fraction of sp³-hybridized carbons (Fsp3) is 0.258. The Morgan fingerprint density at radius 3 is 2.47 bits per heavy atom. The van der Waals surface area contributed by atoms with Gasteiger partial charge in [0.05, 0.1) is 38.0 Å². The summed E-state index contributed by atoms with van der Waals surface area (Å²) in [5.41, 5.74) is 4.08. The van der Waals surface area contributed by atoms with Gasteiger partial charge in [-0.15, -0.1) is 5.10 Å². The number of nitrogens with one attached hydrogen (secondary N) is 1. The minimum Gasteiger partial charge on any atom is -0.508 e. The zero-order chi connectivity index (χ0) is 30.6. The van der Waals surface area contributed by atoms with Gasteiger partial charge in [0.25, 0.3) is 5.56 Å². The van der Waals surface area contributed by atoms with Gasteiger partial charge in [-0.3, -0.25) is 9.36 Å². The number of rotatable bonds is 12. The third-order valence-electron chi connectivity index (χ3n) is 6.93. The first-order chi connectivity index (χ1) is 20.7. The van der Waals surface area contributed by atoms with Crippen molar-refractivity contribution in [2.45, 2.75) is 39.6 Å². The van der Waals surface area contributed by atoms with Crippen molar-refractivity contribution < 1.29 is 18.7 Å². The molecular weight excluding hydrogens is 633 g/mol. The van der Waals surface area contributed by atoms with E-state index < -0.39 is 13.4 Å². The maximum Gasteiger partial charge on any atom is 0.357 e. The lowest BCUT2D eigenvalue weighted by molar-refractivity contribution is 0.213. The highest BCUT2D eigenvalue weighted by atomic mass is 79.9. The topological polar surface area (TPSA) is 121 Å². The van der Waals surface area contributed by atoms with Crippen LogP contribution in [0.1, 0.15) is 42.0 Å². The number of aromatic hydroxyl groups is 1. The van der Waals surface area contributed by atoms with Gasteiger partial charge in [0, 0.05) is 27.2 Å². The Hall–Kier alpha value is -3.76. The number of phenols is 1. The van der Waals surface area contributed by atoms with Crippen LogP contribution < -0.4 is 10.9 Å². The number of para-hydroxylation sites is 1. The van der Waals surface area contributed by atoms with E-state index in [1.54, 1.807) is 53.6 Å². The van der Waals surface area contributed by atoms with E-state index in [2.05, 4.69) is 31.6 Å². The summed E-state index contributed by atoms with van der Waals surface area (Å²) in [6, 6.07) is 21.8. The van der Waals surface area contributed by atoms with Crippen LogP contribution in [0.2, 0.25) is 0 Å². The van der Waals surface area contributed by atoms with Crippen molar-refractivity contribution >= 4 is 40.1 Å². The van der Waals surface area contributed by atoms with Gasteiger partial charge in [0.1, 0.15) is 11.4 Å². The molecule has 0 fully saturated rings. The van der Waals surface area contributed by atoms with Gasteiger partial charge in [-0.2, -0.15) is 0 Å². The summed E-state index contributed by atoms with van der Waals surface area (Å²) in [6.07, 6.45) is 1.79. The summed E-state index contributed by atoms with van der Waals surface area (Å²) < 4.78 is 29.7. The van der Waals surface area contributed by atoms with Crippen LogP contribution in [-0.2, 0) is 26.7 Å². The first kappa shape index (κ1) is 30.7. The molecule has 0 aliphatic rings. The Morgan fingerprint density at radius 1 is 1.00 bits per heavy atom. The van der Waals surface area contributed by atoms with Crippen LogP contribution in [0.25, 0.3) is 10.9 Å². The predicted molar refractivity (Wildman–Crippen MR) is 171 cm³/mol. The van der Waals surface area contributed by atoms with E-state index in [0.29, 0.717) is 23.5 Å². The van der Waals surface area contributed by atoms with E-state index in [0.717, 1.165) is 26.5 Å². The van der Waals surface area contributed by atoms with E-state index in [1.165, 1.54) is 0 Å². The summed E-state index contributed by atoms with van der Waals surface area (Å²) in [6.45, 7) is 6.33. The van der Waals surface area contributed by atoms with E-state index in [9.17, 15) is 14.5 Å². The number of hydrogen-bond donors (Lipinski definition) is 2. The molecule has 2 aromatic heterocycles. The predicted octanol–water partition coefficient (Wildman–Crippen LogP) is 6.84. The molecule has 224 valence electrons. The lowest BCUT2D eigenvalue weighted by Crippen LogP contribution is -2.21. The van der Waals surface area contributed by atoms with Gasteiger partial charge in [-0.1, -0.05) is 45.4 Å². The number of pyridine rings is 1. The standard InChI is InChI=1S/C31H33BrN5O5P/c1-4-41-43(40,42-5-2)31(33-24-9-7-6-8-10-24)27-16-22(11-14-29(27)38)18-36-19-25(34-35-36)20-37-28-13-12-23(32)17-26(28)21(3)15-30(37)39/h6-17,19,31,33,38H,4-5,18,20H2,1-3H3. The molecule has 10 nitrogen and oxygen atoms in total. The average molecular weight is 667 g/mol. The number of nitrogens with zero attached hydrogens (tertiary/aromatic N) is 4. The second-order valence-electron chi connectivity index (χ2n) is 10.0. The summed E-state index contributed by atoms with van der Waals surface area (Å²) in [5, 5.41) is 23.8. The molecule has 0 spiro atoms. The van der Waals surface area contributed by atoms with Gasteiger partial charge in [0.15, 0.2) is 5.78 Å². The fourth-order valence-electron chi connectivity index (χ4n) is 5.01. The maximum atomic E-state index is 14.0. The smallest absolute Gasteiger partial charge is 0.357 e. The molecule has 0 saturated carbocycles. The highest BCUT2D eigenvalue weighted by Gasteiger charge is 2.38. The first-order valence-corrected chi connectivity index (χ1v) is 16.3. The zero-order valence-electron chi connectivity index (χ0n) is 24.1. The summed E-state index contributed by atoms with van der Waals surface area (Å²) in [5.74, 6) is -1.02. The summed E-state index contributed by atoms with van der Waals surface area (Å²) in [7, 11) is -3.75. The van der Waals surface area contributed by atoms with E-state index in [-0.39, 0.29) is 31.1 Å². The zero-order valence-corrected chi connectivity index (χ0v) is 26.6. The van der Waals surface area contributed by atoms with Gasteiger partial charge in [0.2, 0.25) is 0 Å². The van der Waals surface area contributed by atoms with Crippen molar-refractivity contribution in [3.8, 4) is 5.75 Å². The maximum absolute atomic E-state index is 14.0. The van der Waals surface area contributed by atoms with Crippen LogP contribution in [0.5, 0.6) is 5.75 Å². The van der Waals surface area contributed by atoms with Crippen LogP contribution in [-0.4, -0.2) is 37.9 Å². The van der Waals surface area contributed by atoms with Crippen LogP contribution in [0, 0.1) is 6.92 Å². The quantitative estimate of drug-likeness (QED) is 0.139. The van der Waals surface area contributed by atoms with E-state index >= 15 is 0 Å². The summed E-state index contributed by atoms with van der Waals surface area (Å²) in [4.78, 5) is 12.9. The Kier molecular flexibility index (Phi) is 9.46. The van der Waals surface area contributed by atoms with Gasteiger partial charge in [-0.05, 0) is 74.4 Å². The van der Waals surface area contributed by atoms with Gasteiger partial charge in [-0.25, -0.2) is 4.68 Å². The molecule has 0 saturated heterocycles. The van der Waals surface area contributed by atoms with Crippen molar-refractivity contribution in [3.05, 3.63) is 116 Å². The van der Waals surface area contributed by atoms with E-state index in [4.69, 9.17) is 9.05 Å². The number of anilines is 1. The molecule has 1 atom stereocenters. The Bertz CT molecular complexity index is 1830. The average Bonchev–Trinajstić information content (AvgIpc) is 3.42. The van der Waals surface area contributed by atoms with Crippen molar-refractivity contribution in [2.24, 2.45) is 0 Å². The Labute approximate surface area is 257 Å². The Balaban J connectivity index is 1.44. The molecule has 0 bridgehead atoms. The largest absolute Gasteiger partial charge is 0.508 e. The number of aryl methyl sites for hydroxylation is 1. The normalized spacial score (nSPS) is 12.5. The lowest BCUT2D eigenvalue weighted by Gasteiger charge is -2.29. The summed E-state index contributed by atoms with van der Waals surface area (Å²) >= 11 is 3.51. The van der Waals surface area contributed by atoms with Crippen molar-refractivity contribution in [2.75, 3.05) is 18.5 Å². The fourth-order valence-corrected chi connectivity index (χ4v) is 7.31. The van der Waals surface area contributed by atoms with Crippen LogP contribution in [0.3, 0.4) is 0 Å². The van der Waals surface area contributed by atoms with Gasteiger partial charge < -0.3 is 24.0 Å². The molecule has 5 rings (SSSR count). The van der Waals surface area contributed by atoms with Crippen LogP contribution in [0.15, 0.2) is 88.3 Å². The molecule has 5 aromatic rings. The molecular formula is C31H33BrN5O5P. The first-order valence-electron chi connectivity index (χ1n) is 13.9. The van der Waals surface area contributed by atoms with Gasteiger partial charge >= 0.3 is 7.60 Å². The number of phenolic OH excluding ortho intramolecular Hbond substituents is 1. The van der Waals surface area contributed by atoms with Crippen molar-refractivity contribution in [1.82, 2.24) is 19.6 Å². The SMILES string of the molecule is CCOP(=O)(OCC)C(Nc1ccccc1)c1cc(Cn2cc(Cn3c(=O)cc(C)c4cc(Br)ccc43)nn2)ccc1O. The van der Waals surface area contributed by atoms with Crippen LogP contribution >= 0.6 is 23.5 Å². The molecule has 3 aromatic carbocycles. The molecule has 2 N–H and O–H groups in total. The van der Waals surface area contributed by atoms with Crippen molar-refractivity contribution in [3.63, 3.8) is 0 Å². The number of benzene rings is 3. The molecule has 0 amide bonds. The lowest BCUT2D eigenvalue weighted by atomic mass is 10.1.